The average molecular weight is 552 g/mol. The molecule has 0 atom stereocenters. The highest BCUT2D eigenvalue weighted by Crippen LogP contribution is 2.37. The third-order valence-electron chi connectivity index (χ3n) is 3.88. The van der Waals surface area contributed by atoms with Crippen molar-refractivity contribution in [3.8, 4) is 11.5 Å². The molecule has 0 bridgehead atoms. The van der Waals surface area contributed by atoms with Gasteiger partial charge in [0.1, 0.15) is 6.61 Å². The summed E-state index contributed by atoms with van der Waals surface area (Å²) in [7, 11) is 0. The van der Waals surface area contributed by atoms with Gasteiger partial charge in [0, 0.05) is 14.8 Å². The molecule has 0 aromatic heterocycles. The summed E-state index contributed by atoms with van der Waals surface area (Å²) in [5, 5.41) is 2.92. The maximum absolute atomic E-state index is 12.7. The highest BCUT2D eigenvalue weighted by atomic mass is 127. The number of anilines is 1. The summed E-state index contributed by atoms with van der Waals surface area (Å²) in [5.74, 6) is 0.896. The van der Waals surface area contributed by atoms with Gasteiger partial charge in [-0.3, -0.25) is 4.79 Å². The minimum atomic E-state index is -0.213. The molecule has 28 heavy (non-hydrogen) atoms. The van der Waals surface area contributed by atoms with E-state index in [1.54, 1.807) is 12.1 Å². The molecule has 0 aliphatic rings. The number of rotatable bonds is 7. The first-order valence-electron chi connectivity index (χ1n) is 8.77. The van der Waals surface area contributed by atoms with E-state index in [0.29, 0.717) is 34.7 Å². The first kappa shape index (κ1) is 20.7. The van der Waals surface area contributed by atoms with Crippen LogP contribution >= 0.6 is 38.5 Å². The highest BCUT2D eigenvalue weighted by molar-refractivity contribution is 14.1. The van der Waals surface area contributed by atoms with Crippen LogP contribution in [0.25, 0.3) is 0 Å². The number of hydrogen-bond acceptors (Lipinski definition) is 3. The predicted octanol–water partition coefficient (Wildman–Crippen LogP) is 6.28. The molecule has 1 amide bonds. The van der Waals surface area contributed by atoms with Crippen molar-refractivity contribution in [2.45, 2.75) is 13.5 Å². The molecular weight excluding hydrogens is 533 g/mol. The van der Waals surface area contributed by atoms with Crippen LogP contribution in [0.5, 0.6) is 11.5 Å². The zero-order valence-corrected chi connectivity index (χ0v) is 19.0. The first-order valence-corrected chi connectivity index (χ1v) is 10.6. The maximum atomic E-state index is 12.7. The van der Waals surface area contributed by atoms with Crippen LogP contribution in [-0.4, -0.2) is 12.5 Å². The molecule has 4 nitrogen and oxygen atoms in total. The van der Waals surface area contributed by atoms with Crippen LogP contribution in [0.1, 0.15) is 22.8 Å². The fraction of sp³-hybridized carbons (Fsp3) is 0.136. The number of amides is 1. The average Bonchev–Trinajstić information content (AvgIpc) is 2.69. The number of nitrogens with one attached hydrogen (secondary N) is 1. The summed E-state index contributed by atoms with van der Waals surface area (Å²) in [4.78, 5) is 12.7. The number of carbonyl (C=O) groups excluding carboxylic acids is 1. The lowest BCUT2D eigenvalue weighted by Crippen LogP contribution is -2.13. The Kier molecular flexibility index (Phi) is 7.33. The monoisotopic (exact) mass is 551 g/mol. The van der Waals surface area contributed by atoms with Gasteiger partial charge in [-0.2, -0.15) is 0 Å². The molecule has 6 heteroatoms. The third kappa shape index (κ3) is 5.48. The van der Waals surface area contributed by atoms with E-state index in [1.807, 2.05) is 61.5 Å². The molecule has 0 aliphatic carbocycles. The fourth-order valence-electron chi connectivity index (χ4n) is 2.60. The van der Waals surface area contributed by atoms with Crippen LogP contribution in [0, 0.1) is 3.57 Å². The second kappa shape index (κ2) is 9.93. The zero-order chi connectivity index (χ0) is 19.9. The summed E-state index contributed by atoms with van der Waals surface area (Å²) in [6, 6.07) is 21.0. The lowest BCUT2D eigenvalue weighted by Gasteiger charge is -2.15. The highest BCUT2D eigenvalue weighted by Gasteiger charge is 2.16. The molecule has 0 saturated carbocycles. The van der Waals surface area contributed by atoms with E-state index in [2.05, 4.69) is 43.8 Å². The predicted molar refractivity (Wildman–Crippen MR) is 123 cm³/mol. The summed E-state index contributed by atoms with van der Waals surface area (Å²) in [6.45, 7) is 2.79. The minimum Gasteiger partial charge on any atom is -0.489 e. The third-order valence-corrected chi connectivity index (χ3v) is 5.14. The Bertz CT molecular complexity index is 963. The summed E-state index contributed by atoms with van der Waals surface area (Å²) in [5.41, 5.74) is 2.26. The van der Waals surface area contributed by atoms with Crippen molar-refractivity contribution in [2.75, 3.05) is 11.9 Å². The van der Waals surface area contributed by atoms with Gasteiger partial charge in [0.25, 0.3) is 5.91 Å². The quantitative estimate of drug-likeness (QED) is 0.351. The fourth-order valence-corrected chi connectivity index (χ4v) is 3.70. The van der Waals surface area contributed by atoms with Gasteiger partial charge in [-0.15, -0.1) is 0 Å². The Hall–Kier alpha value is -2.06. The van der Waals surface area contributed by atoms with Gasteiger partial charge < -0.3 is 14.8 Å². The molecule has 0 saturated heterocycles. The molecule has 0 unspecified atom stereocenters. The number of carbonyl (C=O) groups is 1. The van der Waals surface area contributed by atoms with Crippen molar-refractivity contribution in [3.63, 3.8) is 0 Å². The van der Waals surface area contributed by atoms with Crippen molar-refractivity contribution in [2.24, 2.45) is 0 Å². The Labute approximate surface area is 186 Å². The normalized spacial score (nSPS) is 10.4. The van der Waals surface area contributed by atoms with Crippen LogP contribution < -0.4 is 14.8 Å². The standard InChI is InChI=1S/C22H19BrINO3/c1-2-27-21-19(23)11-16(22(26)25-18-10-6-9-17(24)13-18)12-20(21)28-14-15-7-4-3-5-8-15/h3-13H,2,14H2,1H3,(H,25,26). The number of halogens is 2. The van der Waals surface area contributed by atoms with Gasteiger partial charge >= 0.3 is 0 Å². The van der Waals surface area contributed by atoms with E-state index in [0.717, 1.165) is 14.8 Å². The Morgan fingerprint density at radius 3 is 2.54 bits per heavy atom. The summed E-state index contributed by atoms with van der Waals surface area (Å²) in [6.07, 6.45) is 0. The molecule has 0 radical (unpaired) electrons. The summed E-state index contributed by atoms with van der Waals surface area (Å²) >= 11 is 5.72. The van der Waals surface area contributed by atoms with E-state index in [9.17, 15) is 4.79 Å². The zero-order valence-electron chi connectivity index (χ0n) is 15.2. The number of hydrogen-bond donors (Lipinski definition) is 1. The smallest absolute Gasteiger partial charge is 0.255 e. The van der Waals surface area contributed by atoms with Crippen molar-refractivity contribution < 1.29 is 14.3 Å². The van der Waals surface area contributed by atoms with Gasteiger partial charge in [0.15, 0.2) is 11.5 Å². The molecule has 0 heterocycles. The van der Waals surface area contributed by atoms with Crippen molar-refractivity contribution >= 4 is 50.1 Å². The molecule has 144 valence electrons. The molecule has 3 aromatic carbocycles. The topological polar surface area (TPSA) is 47.6 Å². The number of ether oxygens (including phenoxy) is 2. The van der Waals surface area contributed by atoms with E-state index in [4.69, 9.17) is 9.47 Å². The molecule has 1 N–H and O–H groups in total. The van der Waals surface area contributed by atoms with Crippen molar-refractivity contribution in [1.29, 1.82) is 0 Å². The minimum absolute atomic E-state index is 0.213. The second-order valence-electron chi connectivity index (χ2n) is 5.96. The molecule has 3 aromatic rings. The van der Waals surface area contributed by atoms with E-state index in [-0.39, 0.29) is 5.91 Å². The SMILES string of the molecule is CCOc1c(Br)cc(C(=O)Nc2cccc(I)c2)cc1OCc1ccccc1. The van der Waals surface area contributed by atoms with E-state index in [1.165, 1.54) is 0 Å². The lowest BCUT2D eigenvalue weighted by atomic mass is 10.1. The van der Waals surface area contributed by atoms with Crippen LogP contribution in [0.15, 0.2) is 71.2 Å². The summed E-state index contributed by atoms with van der Waals surface area (Å²) < 4.78 is 13.4. The Morgan fingerprint density at radius 2 is 1.82 bits per heavy atom. The maximum Gasteiger partial charge on any atom is 0.255 e. The first-order chi connectivity index (χ1) is 13.6. The van der Waals surface area contributed by atoms with Crippen molar-refractivity contribution in [3.05, 3.63) is 85.9 Å². The molecular formula is C22H19BrINO3. The van der Waals surface area contributed by atoms with Gasteiger partial charge in [-0.25, -0.2) is 0 Å². The van der Waals surface area contributed by atoms with Crippen LogP contribution in [-0.2, 0) is 6.61 Å². The Balaban J connectivity index is 1.85. The lowest BCUT2D eigenvalue weighted by molar-refractivity contribution is 0.102. The van der Waals surface area contributed by atoms with Crippen molar-refractivity contribution in [1.82, 2.24) is 0 Å². The largest absolute Gasteiger partial charge is 0.489 e. The van der Waals surface area contributed by atoms with Gasteiger partial charge in [-0.1, -0.05) is 36.4 Å². The van der Waals surface area contributed by atoms with Crippen LogP contribution in [0.4, 0.5) is 5.69 Å². The van der Waals surface area contributed by atoms with Crippen LogP contribution in [0.2, 0.25) is 0 Å². The molecule has 3 rings (SSSR count). The van der Waals surface area contributed by atoms with E-state index < -0.39 is 0 Å². The van der Waals surface area contributed by atoms with Crippen LogP contribution in [0.3, 0.4) is 0 Å². The molecule has 0 spiro atoms. The van der Waals surface area contributed by atoms with Gasteiger partial charge in [0.05, 0.1) is 11.1 Å². The van der Waals surface area contributed by atoms with Gasteiger partial charge in [0.2, 0.25) is 0 Å². The van der Waals surface area contributed by atoms with E-state index >= 15 is 0 Å². The molecule has 0 fully saturated rings. The second-order valence-corrected chi connectivity index (χ2v) is 8.06. The Morgan fingerprint density at radius 1 is 1.04 bits per heavy atom. The molecule has 0 aliphatic heterocycles. The van der Waals surface area contributed by atoms with Gasteiger partial charge in [-0.05, 0) is 81.3 Å². The number of benzene rings is 3.